The SMILES string of the molecule is CCC(C)COCCOCCOCCOCCOCCOCCOCCOCCOCCOCCOCCOCCOCCCCCCCl. The lowest BCUT2D eigenvalue weighted by molar-refractivity contribution is -0.0292. The van der Waals surface area contributed by atoms with E-state index >= 15 is 0 Å². The van der Waals surface area contributed by atoms with Gasteiger partial charge in [0.05, 0.1) is 159 Å². The molecular formula is C35H71ClO13. The van der Waals surface area contributed by atoms with Crippen LogP contribution < -0.4 is 0 Å². The smallest absolute Gasteiger partial charge is 0.0701 e. The largest absolute Gasteiger partial charge is 0.379 e. The molecule has 0 heterocycles. The number of halogens is 1. The predicted molar refractivity (Wildman–Crippen MR) is 189 cm³/mol. The first-order valence-electron chi connectivity index (χ1n) is 18.4. The number of rotatable bonds is 45. The van der Waals surface area contributed by atoms with Crippen molar-refractivity contribution in [3.63, 3.8) is 0 Å². The highest BCUT2D eigenvalue weighted by molar-refractivity contribution is 6.17. The molecule has 0 aliphatic carbocycles. The van der Waals surface area contributed by atoms with Crippen LogP contribution in [0.4, 0.5) is 0 Å². The Labute approximate surface area is 302 Å². The Kier molecular flexibility index (Phi) is 45.6. The monoisotopic (exact) mass is 734 g/mol. The number of alkyl halides is 1. The van der Waals surface area contributed by atoms with Crippen LogP contribution in [0.1, 0.15) is 46.0 Å². The molecule has 1 unspecified atom stereocenters. The summed E-state index contributed by atoms with van der Waals surface area (Å²) in [5.41, 5.74) is 0. The summed E-state index contributed by atoms with van der Waals surface area (Å²) in [7, 11) is 0. The number of hydrogen-bond donors (Lipinski definition) is 0. The van der Waals surface area contributed by atoms with Gasteiger partial charge in [-0.1, -0.05) is 33.1 Å². The van der Waals surface area contributed by atoms with Gasteiger partial charge < -0.3 is 61.6 Å². The highest BCUT2D eigenvalue weighted by Gasteiger charge is 1.99. The van der Waals surface area contributed by atoms with Gasteiger partial charge in [-0.25, -0.2) is 0 Å². The van der Waals surface area contributed by atoms with Gasteiger partial charge in [0, 0.05) is 19.1 Å². The quantitative estimate of drug-likeness (QED) is 0.0662. The Morgan fingerprint density at radius 1 is 0.306 bits per heavy atom. The van der Waals surface area contributed by atoms with E-state index in [0.29, 0.717) is 164 Å². The third-order valence-corrected chi connectivity index (χ3v) is 7.00. The van der Waals surface area contributed by atoms with E-state index in [0.717, 1.165) is 38.4 Å². The Morgan fingerprint density at radius 3 is 0.776 bits per heavy atom. The van der Waals surface area contributed by atoms with Crippen molar-refractivity contribution in [1.82, 2.24) is 0 Å². The molecule has 296 valence electrons. The third-order valence-electron chi connectivity index (χ3n) is 6.74. The standard InChI is InChI=1S/C35H71ClO13/c1-3-35(2)34-49-33-32-48-31-30-47-29-28-46-27-26-45-25-24-44-23-22-43-21-20-42-19-18-41-17-16-40-15-14-39-13-12-38-11-10-37-9-7-5-4-6-8-36/h35H,3-34H2,1-2H3. The topological polar surface area (TPSA) is 120 Å². The lowest BCUT2D eigenvalue weighted by atomic mass is 10.1. The van der Waals surface area contributed by atoms with Gasteiger partial charge in [0.1, 0.15) is 0 Å². The van der Waals surface area contributed by atoms with Crippen LogP contribution in [-0.4, -0.2) is 178 Å². The number of unbranched alkanes of at least 4 members (excludes halogenated alkanes) is 3. The van der Waals surface area contributed by atoms with E-state index in [4.69, 9.17) is 73.2 Å². The molecule has 0 fully saturated rings. The van der Waals surface area contributed by atoms with Crippen LogP contribution in [0, 0.1) is 5.92 Å². The molecular weight excluding hydrogens is 664 g/mol. The van der Waals surface area contributed by atoms with Gasteiger partial charge in [0.15, 0.2) is 0 Å². The fourth-order valence-electron chi connectivity index (χ4n) is 3.69. The molecule has 0 aromatic carbocycles. The minimum absolute atomic E-state index is 0.513. The molecule has 13 nitrogen and oxygen atoms in total. The van der Waals surface area contributed by atoms with Crippen molar-refractivity contribution < 1.29 is 61.6 Å². The van der Waals surface area contributed by atoms with Crippen molar-refractivity contribution >= 4 is 11.6 Å². The van der Waals surface area contributed by atoms with E-state index in [1.807, 2.05) is 0 Å². The van der Waals surface area contributed by atoms with E-state index in [-0.39, 0.29) is 0 Å². The maximum atomic E-state index is 5.66. The first-order valence-corrected chi connectivity index (χ1v) is 18.9. The zero-order valence-corrected chi connectivity index (χ0v) is 31.6. The Hall–Kier alpha value is -0.230. The molecule has 0 aliphatic rings. The van der Waals surface area contributed by atoms with E-state index in [9.17, 15) is 0 Å². The zero-order chi connectivity index (χ0) is 35.4. The lowest BCUT2D eigenvalue weighted by Gasteiger charge is -2.10. The molecule has 0 amide bonds. The van der Waals surface area contributed by atoms with Crippen LogP contribution in [0.25, 0.3) is 0 Å². The molecule has 0 bridgehead atoms. The van der Waals surface area contributed by atoms with Crippen molar-refractivity contribution in [2.45, 2.75) is 46.0 Å². The number of ether oxygens (including phenoxy) is 13. The molecule has 0 saturated heterocycles. The maximum Gasteiger partial charge on any atom is 0.0701 e. The van der Waals surface area contributed by atoms with Crippen molar-refractivity contribution in [2.24, 2.45) is 5.92 Å². The minimum atomic E-state index is 0.513. The summed E-state index contributed by atoms with van der Waals surface area (Å²) in [6, 6.07) is 0. The highest BCUT2D eigenvalue weighted by Crippen LogP contribution is 2.01. The van der Waals surface area contributed by atoms with Gasteiger partial charge >= 0.3 is 0 Å². The summed E-state index contributed by atoms with van der Waals surface area (Å²) in [6.45, 7) is 18.9. The summed E-state index contributed by atoms with van der Waals surface area (Å²) in [5.74, 6) is 1.34. The molecule has 1 atom stereocenters. The molecule has 0 rings (SSSR count). The van der Waals surface area contributed by atoms with Crippen molar-refractivity contribution in [2.75, 3.05) is 178 Å². The molecule has 0 aromatic rings. The van der Waals surface area contributed by atoms with Gasteiger partial charge in [-0.2, -0.15) is 0 Å². The van der Waals surface area contributed by atoms with E-state index in [2.05, 4.69) is 13.8 Å². The van der Waals surface area contributed by atoms with Gasteiger partial charge in [-0.05, 0) is 18.8 Å². The van der Waals surface area contributed by atoms with Crippen molar-refractivity contribution in [3.05, 3.63) is 0 Å². The first-order chi connectivity index (χ1) is 24.3. The Bertz CT molecular complexity index is 584. The summed E-state index contributed by atoms with van der Waals surface area (Å²) in [4.78, 5) is 0. The fraction of sp³-hybridized carbons (Fsp3) is 1.00. The predicted octanol–water partition coefficient (Wildman–Crippen LogP) is 4.05. The third kappa shape index (κ3) is 45.7. The summed E-state index contributed by atoms with van der Waals surface area (Å²) >= 11 is 5.66. The second-order valence-corrected chi connectivity index (χ2v) is 11.4. The molecule has 0 spiro atoms. The van der Waals surface area contributed by atoms with Crippen LogP contribution in [-0.2, 0) is 61.6 Å². The van der Waals surface area contributed by atoms with E-state index in [1.54, 1.807) is 0 Å². The number of hydrogen-bond acceptors (Lipinski definition) is 13. The molecule has 0 aliphatic heterocycles. The normalized spacial score (nSPS) is 12.3. The van der Waals surface area contributed by atoms with Gasteiger partial charge in [-0.15, -0.1) is 11.6 Å². The molecule has 14 heteroatoms. The zero-order valence-electron chi connectivity index (χ0n) is 30.9. The molecule has 0 saturated carbocycles. The van der Waals surface area contributed by atoms with Gasteiger partial charge in [0.2, 0.25) is 0 Å². The first kappa shape index (κ1) is 48.8. The second-order valence-electron chi connectivity index (χ2n) is 11.0. The average molecular weight is 735 g/mol. The summed E-state index contributed by atoms with van der Waals surface area (Å²) < 4.78 is 71.4. The van der Waals surface area contributed by atoms with Crippen LogP contribution in [0.3, 0.4) is 0 Å². The summed E-state index contributed by atoms with van der Waals surface area (Å²) in [6.07, 6.45) is 5.63. The van der Waals surface area contributed by atoms with Crippen LogP contribution in [0.15, 0.2) is 0 Å². The van der Waals surface area contributed by atoms with Crippen LogP contribution >= 0.6 is 11.6 Å². The Morgan fingerprint density at radius 2 is 0.531 bits per heavy atom. The van der Waals surface area contributed by atoms with E-state index < -0.39 is 0 Å². The highest BCUT2D eigenvalue weighted by atomic mass is 35.5. The Balaban J connectivity index is 3.05. The maximum absolute atomic E-state index is 5.66. The van der Waals surface area contributed by atoms with Crippen LogP contribution in [0.5, 0.6) is 0 Å². The van der Waals surface area contributed by atoms with Gasteiger partial charge in [-0.3, -0.25) is 0 Å². The summed E-state index contributed by atoms with van der Waals surface area (Å²) in [5, 5.41) is 0. The van der Waals surface area contributed by atoms with Crippen LogP contribution in [0.2, 0.25) is 0 Å². The molecule has 0 aromatic heterocycles. The fourth-order valence-corrected chi connectivity index (χ4v) is 3.88. The molecule has 0 radical (unpaired) electrons. The van der Waals surface area contributed by atoms with Crippen molar-refractivity contribution in [1.29, 1.82) is 0 Å². The minimum Gasteiger partial charge on any atom is -0.379 e. The molecule has 49 heavy (non-hydrogen) atoms. The second kappa shape index (κ2) is 45.8. The lowest BCUT2D eigenvalue weighted by Crippen LogP contribution is -2.15. The average Bonchev–Trinajstić information content (AvgIpc) is 3.11. The van der Waals surface area contributed by atoms with E-state index in [1.165, 1.54) is 12.8 Å². The molecule has 0 N–H and O–H groups in total. The van der Waals surface area contributed by atoms with Gasteiger partial charge in [0.25, 0.3) is 0 Å². The van der Waals surface area contributed by atoms with Crippen molar-refractivity contribution in [3.8, 4) is 0 Å².